The van der Waals surface area contributed by atoms with E-state index in [0.717, 1.165) is 0 Å². The van der Waals surface area contributed by atoms with Gasteiger partial charge < -0.3 is 5.11 Å². The maximum atomic E-state index is 8.72. The molecular weight excluding hydrogens is 126 g/mol. The minimum atomic E-state index is 0.281. The molecule has 0 radical (unpaired) electrons. The standard InChI is InChI=1S/C6H11NO.C2H6/c1-4-7-5(2)6(3)8;1-2/h4,8H,1-3H3;1-2H3/b6-5-,7-4?;. The summed E-state index contributed by atoms with van der Waals surface area (Å²) < 4.78 is 0. The van der Waals surface area contributed by atoms with Gasteiger partial charge in [0, 0.05) is 6.21 Å². The Morgan fingerprint density at radius 3 is 1.80 bits per heavy atom. The van der Waals surface area contributed by atoms with Gasteiger partial charge in [-0.05, 0) is 20.8 Å². The summed E-state index contributed by atoms with van der Waals surface area (Å²) in [6, 6.07) is 0. The third kappa shape index (κ3) is 7.21. The van der Waals surface area contributed by atoms with Gasteiger partial charge in [-0.3, -0.25) is 4.99 Å². The van der Waals surface area contributed by atoms with Crippen molar-refractivity contribution in [3.05, 3.63) is 11.5 Å². The molecule has 0 saturated carbocycles. The Bertz CT molecular complexity index is 121. The molecule has 10 heavy (non-hydrogen) atoms. The van der Waals surface area contributed by atoms with Gasteiger partial charge in [0.1, 0.15) is 5.76 Å². The van der Waals surface area contributed by atoms with E-state index in [-0.39, 0.29) is 5.76 Å². The molecule has 0 heterocycles. The summed E-state index contributed by atoms with van der Waals surface area (Å²) in [4.78, 5) is 3.83. The fourth-order valence-electron chi connectivity index (χ4n) is 0.287. The van der Waals surface area contributed by atoms with Crippen LogP contribution in [0.3, 0.4) is 0 Å². The number of allylic oxidation sites excluding steroid dienone is 2. The molecule has 2 nitrogen and oxygen atoms in total. The normalized spacial score (nSPS) is 12.1. The van der Waals surface area contributed by atoms with Gasteiger partial charge >= 0.3 is 0 Å². The van der Waals surface area contributed by atoms with Gasteiger partial charge in [-0.15, -0.1) is 0 Å². The van der Waals surface area contributed by atoms with Gasteiger partial charge in [0.25, 0.3) is 0 Å². The van der Waals surface area contributed by atoms with E-state index < -0.39 is 0 Å². The summed E-state index contributed by atoms with van der Waals surface area (Å²) in [5.74, 6) is 0.281. The molecule has 0 fully saturated rings. The Kier molecular flexibility index (Phi) is 9.80. The molecule has 0 aliphatic heterocycles. The Morgan fingerprint density at radius 1 is 1.30 bits per heavy atom. The van der Waals surface area contributed by atoms with E-state index in [4.69, 9.17) is 5.11 Å². The van der Waals surface area contributed by atoms with Gasteiger partial charge in [-0.25, -0.2) is 0 Å². The molecule has 0 unspecified atom stereocenters. The summed E-state index contributed by atoms with van der Waals surface area (Å²) in [5, 5.41) is 8.72. The van der Waals surface area contributed by atoms with Crippen LogP contribution in [0.25, 0.3) is 0 Å². The van der Waals surface area contributed by atoms with E-state index in [0.29, 0.717) is 5.70 Å². The first kappa shape index (κ1) is 11.9. The summed E-state index contributed by atoms with van der Waals surface area (Å²) in [5.41, 5.74) is 0.674. The van der Waals surface area contributed by atoms with Crippen molar-refractivity contribution in [3.63, 3.8) is 0 Å². The number of aliphatic imine (C=N–C) groups is 1. The Morgan fingerprint density at radius 2 is 1.70 bits per heavy atom. The van der Waals surface area contributed by atoms with Crippen LogP contribution < -0.4 is 0 Å². The zero-order valence-electron chi connectivity index (χ0n) is 7.47. The Balaban J connectivity index is 0. The highest BCUT2D eigenvalue weighted by Gasteiger charge is 1.85. The minimum absolute atomic E-state index is 0.281. The molecule has 0 aromatic rings. The van der Waals surface area contributed by atoms with E-state index in [1.165, 1.54) is 0 Å². The van der Waals surface area contributed by atoms with Crippen molar-refractivity contribution in [2.45, 2.75) is 34.6 Å². The maximum Gasteiger partial charge on any atom is 0.110 e. The first-order chi connectivity index (χ1) is 4.68. The smallest absolute Gasteiger partial charge is 0.110 e. The monoisotopic (exact) mass is 143 g/mol. The van der Waals surface area contributed by atoms with E-state index in [2.05, 4.69) is 4.99 Å². The lowest BCUT2D eigenvalue weighted by Crippen LogP contribution is -1.76. The van der Waals surface area contributed by atoms with Crippen LogP contribution in [0.1, 0.15) is 34.6 Å². The molecule has 0 bridgehead atoms. The number of hydrogen-bond acceptors (Lipinski definition) is 2. The number of rotatable bonds is 1. The highest BCUT2D eigenvalue weighted by Crippen LogP contribution is 1.98. The highest BCUT2D eigenvalue weighted by atomic mass is 16.3. The van der Waals surface area contributed by atoms with Crippen LogP contribution in [0.15, 0.2) is 16.4 Å². The molecule has 1 N–H and O–H groups in total. The van der Waals surface area contributed by atoms with Crippen molar-refractivity contribution in [1.82, 2.24) is 0 Å². The summed E-state index contributed by atoms with van der Waals surface area (Å²) in [6.07, 6.45) is 1.65. The van der Waals surface area contributed by atoms with Gasteiger partial charge in [0.15, 0.2) is 0 Å². The van der Waals surface area contributed by atoms with Crippen LogP contribution in [0.2, 0.25) is 0 Å². The molecule has 0 spiro atoms. The predicted octanol–water partition coefficient (Wildman–Crippen LogP) is 2.91. The number of hydrogen-bond donors (Lipinski definition) is 1. The maximum absolute atomic E-state index is 8.72. The predicted molar refractivity (Wildman–Crippen MR) is 46.5 cm³/mol. The number of aliphatic hydroxyl groups excluding tert-OH is 1. The van der Waals surface area contributed by atoms with Crippen LogP contribution in [0.4, 0.5) is 0 Å². The fraction of sp³-hybridized carbons (Fsp3) is 0.625. The van der Waals surface area contributed by atoms with Crippen LogP contribution >= 0.6 is 0 Å². The van der Waals surface area contributed by atoms with Crippen molar-refractivity contribution in [2.75, 3.05) is 0 Å². The van der Waals surface area contributed by atoms with Crippen molar-refractivity contribution in [1.29, 1.82) is 0 Å². The molecule has 0 aromatic carbocycles. The molecule has 0 aromatic heterocycles. The average molecular weight is 143 g/mol. The van der Waals surface area contributed by atoms with Gasteiger partial charge in [0.2, 0.25) is 0 Å². The zero-order chi connectivity index (χ0) is 8.57. The first-order valence-corrected chi connectivity index (χ1v) is 3.53. The molecule has 60 valence electrons. The van der Waals surface area contributed by atoms with E-state index in [1.807, 2.05) is 20.8 Å². The SMILES string of the molecule is CC.CC=N/C(C)=C(/C)O. The molecular formula is C8H17NO. The second kappa shape index (κ2) is 8.21. The molecule has 0 saturated heterocycles. The fourth-order valence-corrected chi connectivity index (χ4v) is 0.287. The topological polar surface area (TPSA) is 32.6 Å². The summed E-state index contributed by atoms with van der Waals surface area (Å²) in [6.45, 7) is 9.18. The molecule has 0 atom stereocenters. The third-order valence-electron chi connectivity index (χ3n) is 0.846. The van der Waals surface area contributed by atoms with Crippen LogP contribution in [-0.2, 0) is 0 Å². The van der Waals surface area contributed by atoms with Crippen molar-refractivity contribution in [3.8, 4) is 0 Å². The zero-order valence-corrected chi connectivity index (χ0v) is 7.47. The molecule has 0 aliphatic carbocycles. The summed E-state index contributed by atoms with van der Waals surface area (Å²) in [7, 11) is 0. The van der Waals surface area contributed by atoms with E-state index >= 15 is 0 Å². The summed E-state index contributed by atoms with van der Waals surface area (Å²) >= 11 is 0. The minimum Gasteiger partial charge on any atom is -0.511 e. The third-order valence-corrected chi connectivity index (χ3v) is 0.846. The van der Waals surface area contributed by atoms with Crippen LogP contribution in [0, 0.1) is 0 Å². The van der Waals surface area contributed by atoms with Gasteiger partial charge in [-0.2, -0.15) is 0 Å². The average Bonchev–Trinajstić information content (AvgIpc) is 1.93. The van der Waals surface area contributed by atoms with Crippen molar-refractivity contribution in [2.24, 2.45) is 4.99 Å². The molecule has 2 heteroatoms. The van der Waals surface area contributed by atoms with Crippen LogP contribution in [-0.4, -0.2) is 11.3 Å². The second-order valence-corrected chi connectivity index (χ2v) is 1.56. The van der Waals surface area contributed by atoms with Crippen LogP contribution in [0.5, 0.6) is 0 Å². The lowest BCUT2D eigenvalue weighted by atomic mass is 10.4. The molecule has 0 rings (SSSR count). The van der Waals surface area contributed by atoms with Crippen molar-refractivity contribution >= 4 is 6.21 Å². The lowest BCUT2D eigenvalue weighted by molar-refractivity contribution is 0.406. The molecule has 0 aliphatic rings. The Hall–Kier alpha value is -0.790. The highest BCUT2D eigenvalue weighted by molar-refractivity contribution is 5.55. The van der Waals surface area contributed by atoms with Gasteiger partial charge in [0.05, 0.1) is 5.70 Å². The van der Waals surface area contributed by atoms with Gasteiger partial charge in [-0.1, -0.05) is 13.8 Å². The molecule has 0 amide bonds. The largest absolute Gasteiger partial charge is 0.511 e. The van der Waals surface area contributed by atoms with E-state index in [9.17, 15) is 0 Å². The van der Waals surface area contributed by atoms with Crippen molar-refractivity contribution < 1.29 is 5.11 Å². The lowest BCUT2D eigenvalue weighted by Gasteiger charge is -1.90. The number of nitrogens with zero attached hydrogens (tertiary/aromatic N) is 1. The first-order valence-electron chi connectivity index (χ1n) is 3.53. The second-order valence-electron chi connectivity index (χ2n) is 1.56. The van der Waals surface area contributed by atoms with E-state index in [1.54, 1.807) is 20.1 Å². The number of aliphatic hydroxyl groups is 1. The quantitative estimate of drug-likeness (QED) is 0.444. The Labute approximate surface area is 63.3 Å².